The number of benzene rings is 1. The zero-order chi connectivity index (χ0) is 19.1. The molecule has 3 rings (SSSR count). The van der Waals surface area contributed by atoms with Crippen molar-refractivity contribution in [1.29, 1.82) is 0 Å². The highest BCUT2D eigenvalue weighted by molar-refractivity contribution is 6.04. The zero-order valence-corrected chi connectivity index (χ0v) is 15.6. The van der Waals surface area contributed by atoms with Crippen LogP contribution in [0, 0.1) is 0 Å². The molecule has 0 aliphatic rings. The van der Waals surface area contributed by atoms with E-state index in [1.807, 2.05) is 30.3 Å². The van der Waals surface area contributed by atoms with Crippen molar-refractivity contribution in [2.45, 2.75) is 33.2 Å². The molecule has 0 atom stereocenters. The summed E-state index contributed by atoms with van der Waals surface area (Å²) in [4.78, 5) is 25.1. The van der Waals surface area contributed by atoms with E-state index in [9.17, 15) is 4.79 Å². The normalized spacial score (nSPS) is 10.4. The fraction of sp³-hybridized carbons (Fsp3) is 0.238. The van der Waals surface area contributed by atoms with E-state index in [-0.39, 0.29) is 5.91 Å². The molecule has 3 aromatic rings. The fourth-order valence-electron chi connectivity index (χ4n) is 2.81. The van der Waals surface area contributed by atoms with E-state index in [2.05, 4.69) is 39.4 Å². The lowest BCUT2D eigenvalue weighted by Gasteiger charge is -2.14. The molecule has 1 amide bonds. The molecule has 138 valence electrons. The van der Waals surface area contributed by atoms with Crippen LogP contribution < -0.4 is 10.6 Å². The van der Waals surface area contributed by atoms with Gasteiger partial charge in [0.15, 0.2) is 0 Å². The zero-order valence-electron chi connectivity index (χ0n) is 15.6. The molecule has 2 heterocycles. The highest BCUT2D eigenvalue weighted by atomic mass is 16.1. The van der Waals surface area contributed by atoms with Crippen molar-refractivity contribution in [2.24, 2.45) is 0 Å². The van der Waals surface area contributed by atoms with E-state index in [0.29, 0.717) is 18.1 Å². The van der Waals surface area contributed by atoms with Gasteiger partial charge in [-0.15, -0.1) is 0 Å². The first-order valence-electron chi connectivity index (χ1n) is 9.08. The van der Waals surface area contributed by atoms with Gasteiger partial charge in [-0.2, -0.15) is 0 Å². The topological polar surface area (TPSA) is 79.8 Å². The number of pyridine rings is 1. The molecule has 0 aliphatic carbocycles. The molecule has 0 bridgehead atoms. The summed E-state index contributed by atoms with van der Waals surface area (Å²) in [6.07, 6.45) is 8.28. The van der Waals surface area contributed by atoms with Gasteiger partial charge in [0.1, 0.15) is 0 Å². The molecule has 27 heavy (non-hydrogen) atoms. The summed E-state index contributed by atoms with van der Waals surface area (Å²) in [5.74, 6) is 0.276. The van der Waals surface area contributed by atoms with E-state index in [1.54, 1.807) is 12.4 Å². The van der Waals surface area contributed by atoms with Crippen LogP contribution in [0.15, 0.2) is 55.1 Å². The van der Waals surface area contributed by atoms with Gasteiger partial charge in [-0.3, -0.25) is 9.78 Å². The first-order valence-corrected chi connectivity index (χ1v) is 9.08. The van der Waals surface area contributed by atoms with Crippen LogP contribution in [-0.4, -0.2) is 20.9 Å². The van der Waals surface area contributed by atoms with Gasteiger partial charge in [0.2, 0.25) is 5.95 Å². The molecule has 0 aliphatic heterocycles. The summed E-state index contributed by atoms with van der Waals surface area (Å²) in [6.45, 7) is 4.76. The molecule has 0 radical (unpaired) electrons. The maximum absolute atomic E-state index is 12.6. The molecule has 0 spiro atoms. The van der Waals surface area contributed by atoms with E-state index < -0.39 is 0 Å². The van der Waals surface area contributed by atoms with Crippen molar-refractivity contribution in [2.75, 3.05) is 10.6 Å². The van der Waals surface area contributed by atoms with Crippen molar-refractivity contribution in [3.63, 3.8) is 0 Å². The number of nitrogens with one attached hydrogen (secondary N) is 2. The number of aryl methyl sites for hydroxylation is 2. The van der Waals surface area contributed by atoms with Crippen LogP contribution in [-0.2, 0) is 19.4 Å². The molecule has 2 N–H and O–H groups in total. The van der Waals surface area contributed by atoms with Crippen LogP contribution >= 0.6 is 0 Å². The maximum atomic E-state index is 12.6. The predicted octanol–water partition coefficient (Wildman–Crippen LogP) is 3.86. The van der Waals surface area contributed by atoms with Crippen molar-refractivity contribution in [1.82, 2.24) is 15.0 Å². The van der Waals surface area contributed by atoms with Gasteiger partial charge in [-0.05, 0) is 41.7 Å². The lowest BCUT2D eigenvalue weighted by Crippen LogP contribution is -2.16. The Hall–Kier alpha value is -3.28. The Morgan fingerprint density at radius 3 is 2.19 bits per heavy atom. The van der Waals surface area contributed by atoms with E-state index in [4.69, 9.17) is 0 Å². The minimum absolute atomic E-state index is 0.203. The van der Waals surface area contributed by atoms with Gasteiger partial charge in [0.05, 0.1) is 5.56 Å². The Morgan fingerprint density at radius 1 is 0.963 bits per heavy atom. The first-order chi connectivity index (χ1) is 13.2. The largest absolute Gasteiger partial charge is 0.350 e. The summed E-state index contributed by atoms with van der Waals surface area (Å²) >= 11 is 0. The Bertz CT molecular complexity index is 872. The number of carbonyl (C=O) groups excluding carboxylic acids is 1. The number of nitrogens with zero attached hydrogens (tertiary/aromatic N) is 3. The predicted molar refractivity (Wildman–Crippen MR) is 107 cm³/mol. The maximum Gasteiger partial charge on any atom is 0.258 e. The van der Waals surface area contributed by atoms with Crippen molar-refractivity contribution < 1.29 is 4.79 Å². The summed E-state index contributed by atoms with van der Waals surface area (Å²) in [5, 5.41) is 6.16. The van der Waals surface area contributed by atoms with Crippen LogP contribution in [0.1, 0.15) is 40.9 Å². The molecule has 0 unspecified atom stereocenters. The highest BCUT2D eigenvalue weighted by Gasteiger charge is 2.12. The smallest absolute Gasteiger partial charge is 0.258 e. The summed E-state index contributed by atoms with van der Waals surface area (Å²) in [5.41, 5.74) is 4.65. The second-order valence-electron chi connectivity index (χ2n) is 6.12. The van der Waals surface area contributed by atoms with Gasteiger partial charge in [-0.1, -0.05) is 32.0 Å². The van der Waals surface area contributed by atoms with Crippen LogP contribution in [0.4, 0.5) is 11.6 Å². The van der Waals surface area contributed by atoms with E-state index in [0.717, 1.165) is 35.2 Å². The first kappa shape index (κ1) is 18.5. The molecular formula is C21H23N5O. The van der Waals surface area contributed by atoms with Crippen LogP contribution in [0.3, 0.4) is 0 Å². The highest BCUT2D eigenvalue weighted by Crippen LogP contribution is 2.23. The number of anilines is 2. The Balaban J connectivity index is 1.68. The standard InChI is InChI=1S/C21H23N5O/c1-3-16-6-5-7-17(4-2)19(16)26-20(27)18-13-24-21(25-14-18)23-12-15-8-10-22-11-9-15/h5-11,13-14H,3-4,12H2,1-2H3,(H,26,27)(H,23,24,25). The average molecular weight is 361 g/mol. The monoisotopic (exact) mass is 361 g/mol. The molecule has 0 saturated carbocycles. The Morgan fingerprint density at radius 2 is 1.59 bits per heavy atom. The average Bonchev–Trinajstić information content (AvgIpc) is 2.73. The third-order valence-corrected chi connectivity index (χ3v) is 4.35. The third-order valence-electron chi connectivity index (χ3n) is 4.35. The van der Waals surface area contributed by atoms with Crippen LogP contribution in [0.25, 0.3) is 0 Å². The van der Waals surface area contributed by atoms with Crippen LogP contribution in [0.2, 0.25) is 0 Å². The van der Waals surface area contributed by atoms with Gasteiger partial charge in [0.25, 0.3) is 5.91 Å². The Kier molecular flexibility index (Phi) is 6.10. The minimum atomic E-state index is -0.203. The molecule has 6 nitrogen and oxygen atoms in total. The number of amides is 1. The Labute approximate surface area is 159 Å². The molecule has 0 saturated heterocycles. The molecule has 0 fully saturated rings. The van der Waals surface area contributed by atoms with Gasteiger partial charge in [0, 0.05) is 37.0 Å². The number of rotatable bonds is 7. The molecule has 1 aromatic carbocycles. The van der Waals surface area contributed by atoms with Gasteiger partial charge in [-0.25, -0.2) is 9.97 Å². The van der Waals surface area contributed by atoms with E-state index in [1.165, 1.54) is 12.4 Å². The summed E-state index contributed by atoms with van der Waals surface area (Å²) < 4.78 is 0. The number of hydrogen-bond acceptors (Lipinski definition) is 5. The number of carbonyl (C=O) groups is 1. The van der Waals surface area contributed by atoms with Gasteiger partial charge >= 0.3 is 0 Å². The second-order valence-corrected chi connectivity index (χ2v) is 6.12. The SMILES string of the molecule is CCc1cccc(CC)c1NC(=O)c1cnc(NCc2ccncc2)nc1. The molecule has 6 heteroatoms. The number of para-hydroxylation sites is 1. The van der Waals surface area contributed by atoms with Crippen molar-refractivity contribution >= 4 is 17.5 Å². The second kappa shape index (κ2) is 8.89. The minimum Gasteiger partial charge on any atom is -0.350 e. The molecule has 2 aromatic heterocycles. The quantitative estimate of drug-likeness (QED) is 0.668. The van der Waals surface area contributed by atoms with Crippen LogP contribution in [0.5, 0.6) is 0 Å². The summed E-state index contributed by atoms with van der Waals surface area (Å²) in [6, 6.07) is 9.95. The van der Waals surface area contributed by atoms with E-state index >= 15 is 0 Å². The lowest BCUT2D eigenvalue weighted by molar-refractivity contribution is 0.102. The van der Waals surface area contributed by atoms with Gasteiger partial charge < -0.3 is 10.6 Å². The molecular weight excluding hydrogens is 338 g/mol. The summed E-state index contributed by atoms with van der Waals surface area (Å²) in [7, 11) is 0. The van der Waals surface area contributed by atoms with Crippen molar-refractivity contribution in [3.05, 3.63) is 77.4 Å². The number of aromatic nitrogens is 3. The van der Waals surface area contributed by atoms with Crippen molar-refractivity contribution in [3.8, 4) is 0 Å². The fourth-order valence-corrected chi connectivity index (χ4v) is 2.81. The number of hydrogen-bond donors (Lipinski definition) is 2. The lowest BCUT2D eigenvalue weighted by atomic mass is 10.0. The third kappa shape index (κ3) is 4.67.